The Balaban J connectivity index is 1.62. The fourth-order valence-corrected chi connectivity index (χ4v) is 3.31. The molecule has 2 rings (SSSR count). The molecule has 1 aromatic carbocycles. The summed E-state index contributed by atoms with van der Waals surface area (Å²) in [6.45, 7) is 6.12. The van der Waals surface area contributed by atoms with Gasteiger partial charge >= 0.3 is 0 Å². The van der Waals surface area contributed by atoms with Crippen LogP contribution in [0.2, 0.25) is 0 Å². The van der Waals surface area contributed by atoms with Gasteiger partial charge in [0.05, 0.1) is 0 Å². The normalized spacial score (nSPS) is 19.1. The molecule has 1 unspecified atom stereocenters. The second-order valence-electron chi connectivity index (χ2n) is 6.23. The van der Waals surface area contributed by atoms with Crippen molar-refractivity contribution in [3.63, 3.8) is 0 Å². The van der Waals surface area contributed by atoms with Gasteiger partial charge in [0.1, 0.15) is 0 Å². The highest BCUT2D eigenvalue weighted by Gasteiger charge is 2.18. The number of rotatable bonds is 7. The van der Waals surface area contributed by atoms with Crippen LogP contribution in [0.4, 0.5) is 0 Å². The Kier molecular flexibility index (Phi) is 6.55. The average molecular weight is 274 g/mol. The molecule has 0 aromatic heterocycles. The summed E-state index contributed by atoms with van der Waals surface area (Å²) < 4.78 is 0. The molecule has 2 N–H and O–H groups in total. The van der Waals surface area contributed by atoms with Crippen LogP contribution >= 0.6 is 0 Å². The Morgan fingerprint density at radius 1 is 1.20 bits per heavy atom. The molecule has 0 spiro atoms. The van der Waals surface area contributed by atoms with E-state index in [-0.39, 0.29) is 6.04 Å². The van der Waals surface area contributed by atoms with Gasteiger partial charge < -0.3 is 10.6 Å². The van der Waals surface area contributed by atoms with Crippen LogP contribution in [0.15, 0.2) is 30.3 Å². The third kappa shape index (κ3) is 4.92. The van der Waals surface area contributed by atoms with E-state index in [0.29, 0.717) is 0 Å². The quantitative estimate of drug-likeness (QED) is 0.815. The maximum absolute atomic E-state index is 6.25. The van der Waals surface area contributed by atoms with E-state index in [9.17, 15) is 0 Å². The Morgan fingerprint density at radius 2 is 1.90 bits per heavy atom. The van der Waals surface area contributed by atoms with Crippen molar-refractivity contribution in [2.45, 2.75) is 51.5 Å². The number of piperidine rings is 1. The lowest BCUT2D eigenvalue weighted by Gasteiger charge is -2.32. The molecule has 1 heterocycles. The second-order valence-corrected chi connectivity index (χ2v) is 6.23. The monoisotopic (exact) mass is 274 g/mol. The smallest absolute Gasteiger partial charge is 0.0295 e. The number of hydrogen-bond acceptors (Lipinski definition) is 2. The molecular formula is C18H30N2. The lowest BCUT2D eigenvalue weighted by atomic mass is 9.92. The van der Waals surface area contributed by atoms with Gasteiger partial charge in [-0.25, -0.2) is 0 Å². The zero-order chi connectivity index (χ0) is 14.2. The van der Waals surface area contributed by atoms with Crippen molar-refractivity contribution in [3.05, 3.63) is 35.9 Å². The van der Waals surface area contributed by atoms with E-state index < -0.39 is 0 Å². The molecule has 0 saturated carbocycles. The summed E-state index contributed by atoms with van der Waals surface area (Å²) in [5.74, 6) is 0.989. The number of nitrogens with zero attached hydrogens (tertiary/aromatic N) is 1. The number of benzene rings is 1. The topological polar surface area (TPSA) is 29.3 Å². The van der Waals surface area contributed by atoms with Gasteiger partial charge in [-0.15, -0.1) is 0 Å². The summed E-state index contributed by atoms with van der Waals surface area (Å²) in [7, 11) is 0. The molecule has 0 aliphatic carbocycles. The van der Waals surface area contributed by atoms with E-state index in [1.54, 1.807) is 0 Å². The first-order valence-electron chi connectivity index (χ1n) is 8.32. The molecule has 1 aromatic rings. The molecule has 0 bridgehead atoms. The molecule has 0 radical (unpaired) electrons. The first kappa shape index (κ1) is 15.5. The highest BCUT2D eigenvalue weighted by Crippen LogP contribution is 2.22. The first-order valence-corrected chi connectivity index (χ1v) is 8.32. The zero-order valence-electron chi connectivity index (χ0n) is 12.9. The molecule has 1 aliphatic heterocycles. The van der Waals surface area contributed by atoms with Crippen LogP contribution < -0.4 is 5.73 Å². The standard InChI is InChI=1S/C18H30N2/c1-2-7-16-11-14-20(15-12-16)13-6-10-18(19)17-8-4-3-5-9-17/h3-5,8-9,16,18H,2,6-7,10-15,19H2,1H3. The molecule has 2 nitrogen and oxygen atoms in total. The summed E-state index contributed by atoms with van der Waals surface area (Å²) in [4.78, 5) is 2.63. The van der Waals surface area contributed by atoms with Crippen LogP contribution in [0, 0.1) is 5.92 Å². The fraction of sp³-hybridized carbons (Fsp3) is 0.667. The number of nitrogens with two attached hydrogens (primary N) is 1. The zero-order valence-corrected chi connectivity index (χ0v) is 12.9. The van der Waals surface area contributed by atoms with Gasteiger partial charge in [0.15, 0.2) is 0 Å². The molecule has 1 saturated heterocycles. The molecule has 2 heteroatoms. The predicted molar refractivity (Wildman–Crippen MR) is 86.7 cm³/mol. The van der Waals surface area contributed by atoms with Gasteiger partial charge in [0, 0.05) is 6.04 Å². The van der Waals surface area contributed by atoms with Gasteiger partial charge in [0.2, 0.25) is 0 Å². The fourth-order valence-electron chi connectivity index (χ4n) is 3.31. The van der Waals surface area contributed by atoms with Crippen molar-refractivity contribution >= 4 is 0 Å². The highest BCUT2D eigenvalue weighted by molar-refractivity contribution is 5.18. The Morgan fingerprint density at radius 3 is 2.55 bits per heavy atom. The van der Waals surface area contributed by atoms with Crippen LogP contribution in [0.5, 0.6) is 0 Å². The van der Waals surface area contributed by atoms with E-state index in [0.717, 1.165) is 12.3 Å². The summed E-state index contributed by atoms with van der Waals surface area (Å²) in [5.41, 5.74) is 7.53. The van der Waals surface area contributed by atoms with E-state index >= 15 is 0 Å². The Hall–Kier alpha value is -0.860. The largest absolute Gasteiger partial charge is 0.324 e. The summed E-state index contributed by atoms with van der Waals surface area (Å²) in [5, 5.41) is 0. The minimum atomic E-state index is 0.203. The van der Waals surface area contributed by atoms with Crippen LogP contribution in [0.25, 0.3) is 0 Å². The van der Waals surface area contributed by atoms with E-state index in [1.807, 2.05) is 0 Å². The molecule has 20 heavy (non-hydrogen) atoms. The van der Waals surface area contributed by atoms with Crippen molar-refractivity contribution in [2.24, 2.45) is 11.7 Å². The average Bonchev–Trinajstić information content (AvgIpc) is 2.50. The minimum absolute atomic E-state index is 0.203. The lowest BCUT2D eigenvalue weighted by molar-refractivity contribution is 0.175. The summed E-state index contributed by atoms with van der Waals surface area (Å²) in [6.07, 6.45) is 7.88. The van der Waals surface area contributed by atoms with Gasteiger partial charge in [-0.1, -0.05) is 50.1 Å². The maximum atomic E-state index is 6.25. The van der Waals surface area contributed by atoms with Gasteiger partial charge in [-0.05, 0) is 56.8 Å². The third-order valence-electron chi connectivity index (χ3n) is 4.62. The molecule has 1 aliphatic rings. The van der Waals surface area contributed by atoms with Crippen molar-refractivity contribution in [2.75, 3.05) is 19.6 Å². The van der Waals surface area contributed by atoms with Crippen molar-refractivity contribution in [1.82, 2.24) is 4.90 Å². The van der Waals surface area contributed by atoms with Crippen molar-refractivity contribution in [3.8, 4) is 0 Å². The van der Waals surface area contributed by atoms with E-state index in [1.165, 1.54) is 57.3 Å². The maximum Gasteiger partial charge on any atom is 0.0295 e. The van der Waals surface area contributed by atoms with Crippen LogP contribution in [-0.4, -0.2) is 24.5 Å². The van der Waals surface area contributed by atoms with E-state index in [2.05, 4.69) is 42.2 Å². The number of likely N-dealkylation sites (tertiary alicyclic amines) is 1. The van der Waals surface area contributed by atoms with Crippen LogP contribution in [-0.2, 0) is 0 Å². The summed E-state index contributed by atoms with van der Waals surface area (Å²) in [6, 6.07) is 10.7. The molecule has 0 amide bonds. The van der Waals surface area contributed by atoms with Gasteiger partial charge in [-0.2, -0.15) is 0 Å². The Bertz CT molecular complexity index is 355. The first-order chi connectivity index (χ1) is 9.79. The predicted octanol–water partition coefficient (Wildman–Crippen LogP) is 3.98. The van der Waals surface area contributed by atoms with Crippen LogP contribution in [0.3, 0.4) is 0 Å². The van der Waals surface area contributed by atoms with Crippen molar-refractivity contribution < 1.29 is 0 Å². The van der Waals surface area contributed by atoms with Crippen molar-refractivity contribution in [1.29, 1.82) is 0 Å². The summed E-state index contributed by atoms with van der Waals surface area (Å²) >= 11 is 0. The van der Waals surface area contributed by atoms with E-state index in [4.69, 9.17) is 5.73 Å². The highest BCUT2D eigenvalue weighted by atomic mass is 15.1. The second kappa shape index (κ2) is 8.43. The lowest BCUT2D eigenvalue weighted by Crippen LogP contribution is -2.34. The molecule has 1 fully saturated rings. The van der Waals surface area contributed by atoms with Gasteiger partial charge in [0.25, 0.3) is 0 Å². The molecule has 112 valence electrons. The molecule has 1 atom stereocenters. The SMILES string of the molecule is CCCC1CCN(CCCC(N)c2ccccc2)CC1. The van der Waals surface area contributed by atoms with Crippen LogP contribution in [0.1, 0.15) is 57.1 Å². The Labute approximate surface area is 124 Å². The molecular weight excluding hydrogens is 244 g/mol. The van der Waals surface area contributed by atoms with Gasteiger partial charge in [-0.3, -0.25) is 0 Å². The third-order valence-corrected chi connectivity index (χ3v) is 4.62. The minimum Gasteiger partial charge on any atom is -0.324 e. The number of hydrogen-bond donors (Lipinski definition) is 1.